The van der Waals surface area contributed by atoms with Crippen LogP contribution >= 0.6 is 15.9 Å². The fourth-order valence-corrected chi connectivity index (χ4v) is 3.03. The predicted molar refractivity (Wildman–Crippen MR) is 65.1 cm³/mol. The Balaban J connectivity index is 2.20. The SMILES string of the molecule is CNC1CCCCCC1c1occc1Br. The maximum Gasteiger partial charge on any atom is 0.122 e. The van der Waals surface area contributed by atoms with Crippen molar-refractivity contribution < 1.29 is 4.42 Å². The predicted octanol–water partition coefficient (Wildman–Crippen LogP) is 3.68. The van der Waals surface area contributed by atoms with Gasteiger partial charge in [0.1, 0.15) is 5.76 Å². The molecule has 1 aromatic heterocycles. The summed E-state index contributed by atoms with van der Waals surface area (Å²) in [5, 5.41) is 3.43. The molecule has 2 unspecified atom stereocenters. The highest BCUT2D eigenvalue weighted by molar-refractivity contribution is 9.10. The smallest absolute Gasteiger partial charge is 0.122 e. The Bertz CT molecular complexity index is 310. The molecule has 1 aliphatic rings. The highest BCUT2D eigenvalue weighted by Gasteiger charge is 2.27. The zero-order valence-electron chi connectivity index (χ0n) is 9.13. The summed E-state index contributed by atoms with van der Waals surface area (Å²) in [6.07, 6.45) is 8.27. The minimum atomic E-state index is 0.530. The fourth-order valence-electron chi connectivity index (χ4n) is 2.54. The zero-order valence-corrected chi connectivity index (χ0v) is 10.7. The van der Waals surface area contributed by atoms with Gasteiger partial charge in [-0.1, -0.05) is 19.3 Å². The van der Waals surface area contributed by atoms with Gasteiger partial charge in [0.25, 0.3) is 0 Å². The first-order valence-corrected chi connectivity index (χ1v) is 6.52. The number of halogens is 1. The molecule has 2 nitrogen and oxygen atoms in total. The van der Waals surface area contributed by atoms with Crippen LogP contribution in [0.3, 0.4) is 0 Å². The van der Waals surface area contributed by atoms with Crippen molar-refractivity contribution in [2.75, 3.05) is 7.05 Å². The molecule has 2 atom stereocenters. The molecule has 0 amide bonds. The molecule has 0 aliphatic heterocycles. The molecule has 1 saturated carbocycles. The van der Waals surface area contributed by atoms with Crippen LogP contribution in [0.15, 0.2) is 21.2 Å². The second kappa shape index (κ2) is 5.17. The molecule has 2 rings (SSSR count). The second-order valence-electron chi connectivity index (χ2n) is 4.27. The van der Waals surface area contributed by atoms with Gasteiger partial charge in [0, 0.05) is 12.0 Å². The summed E-state index contributed by atoms with van der Waals surface area (Å²) in [6.45, 7) is 0. The standard InChI is InChI=1S/C12H18BrNO/c1-14-11-6-4-2-3-5-9(11)12-10(13)7-8-15-12/h7-9,11,14H,2-6H2,1H3. The largest absolute Gasteiger partial charge is 0.468 e. The molecule has 0 radical (unpaired) electrons. The van der Waals surface area contributed by atoms with E-state index in [0.29, 0.717) is 12.0 Å². The van der Waals surface area contributed by atoms with Crippen LogP contribution in [0.25, 0.3) is 0 Å². The van der Waals surface area contributed by atoms with Crippen LogP contribution in [0.2, 0.25) is 0 Å². The third-order valence-corrected chi connectivity index (χ3v) is 4.02. The topological polar surface area (TPSA) is 25.2 Å². The van der Waals surface area contributed by atoms with E-state index < -0.39 is 0 Å². The van der Waals surface area contributed by atoms with Crippen LogP contribution in [0.4, 0.5) is 0 Å². The van der Waals surface area contributed by atoms with Crippen molar-refractivity contribution in [1.82, 2.24) is 5.32 Å². The van der Waals surface area contributed by atoms with Gasteiger partial charge in [0.05, 0.1) is 10.7 Å². The number of hydrogen-bond acceptors (Lipinski definition) is 2. The molecule has 84 valence electrons. The third kappa shape index (κ3) is 2.45. The summed E-state index contributed by atoms with van der Waals surface area (Å²) in [7, 11) is 2.06. The van der Waals surface area contributed by atoms with Gasteiger partial charge in [0.15, 0.2) is 0 Å². The van der Waals surface area contributed by atoms with Crippen molar-refractivity contribution in [1.29, 1.82) is 0 Å². The Morgan fingerprint density at radius 2 is 2.13 bits per heavy atom. The summed E-state index contributed by atoms with van der Waals surface area (Å²) in [5.41, 5.74) is 0. The van der Waals surface area contributed by atoms with Gasteiger partial charge in [-0.3, -0.25) is 0 Å². The van der Waals surface area contributed by atoms with Crippen molar-refractivity contribution >= 4 is 15.9 Å². The van der Waals surface area contributed by atoms with Gasteiger partial charge in [-0.25, -0.2) is 0 Å². The van der Waals surface area contributed by atoms with Gasteiger partial charge in [-0.2, -0.15) is 0 Å². The van der Waals surface area contributed by atoms with E-state index in [0.717, 1.165) is 10.2 Å². The number of nitrogens with one attached hydrogen (secondary N) is 1. The molecule has 1 aliphatic carbocycles. The highest BCUT2D eigenvalue weighted by Crippen LogP contribution is 2.36. The molecule has 0 saturated heterocycles. The van der Waals surface area contributed by atoms with E-state index in [2.05, 4.69) is 28.3 Å². The van der Waals surface area contributed by atoms with Gasteiger partial charge in [-0.05, 0) is 41.9 Å². The Kier molecular flexibility index (Phi) is 3.87. The van der Waals surface area contributed by atoms with E-state index in [1.54, 1.807) is 6.26 Å². The van der Waals surface area contributed by atoms with Gasteiger partial charge < -0.3 is 9.73 Å². The van der Waals surface area contributed by atoms with Gasteiger partial charge >= 0.3 is 0 Å². The van der Waals surface area contributed by atoms with Gasteiger partial charge in [-0.15, -0.1) is 0 Å². The highest BCUT2D eigenvalue weighted by atomic mass is 79.9. The minimum Gasteiger partial charge on any atom is -0.468 e. The first-order chi connectivity index (χ1) is 7.33. The number of hydrogen-bond donors (Lipinski definition) is 1. The first kappa shape index (κ1) is 11.2. The lowest BCUT2D eigenvalue weighted by atomic mass is 9.92. The van der Waals surface area contributed by atoms with Crippen LogP contribution in [-0.2, 0) is 0 Å². The van der Waals surface area contributed by atoms with Crippen LogP contribution < -0.4 is 5.32 Å². The molecule has 0 spiro atoms. The first-order valence-electron chi connectivity index (χ1n) is 5.73. The maximum atomic E-state index is 5.60. The van der Waals surface area contributed by atoms with Crippen molar-refractivity contribution in [3.63, 3.8) is 0 Å². The Hall–Kier alpha value is -0.280. The van der Waals surface area contributed by atoms with Crippen molar-refractivity contribution in [3.8, 4) is 0 Å². The zero-order chi connectivity index (χ0) is 10.7. The van der Waals surface area contributed by atoms with E-state index in [1.807, 2.05) is 6.07 Å². The normalized spacial score (nSPS) is 27.6. The Morgan fingerprint density at radius 1 is 1.33 bits per heavy atom. The van der Waals surface area contributed by atoms with E-state index >= 15 is 0 Å². The summed E-state index contributed by atoms with van der Waals surface area (Å²) in [6, 6.07) is 2.56. The average molecular weight is 272 g/mol. The molecule has 1 N–H and O–H groups in total. The van der Waals surface area contributed by atoms with Crippen molar-refractivity contribution in [3.05, 3.63) is 22.6 Å². The van der Waals surface area contributed by atoms with Crippen molar-refractivity contribution in [2.24, 2.45) is 0 Å². The summed E-state index contributed by atoms with van der Waals surface area (Å²) >= 11 is 3.56. The van der Waals surface area contributed by atoms with Crippen LogP contribution in [0.5, 0.6) is 0 Å². The molecule has 15 heavy (non-hydrogen) atoms. The van der Waals surface area contributed by atoms with E-state index in [1.165, 1.54) is 32.1 Å². The van der Waals surface area contributed by atoms with Gasteiger partial charge in [0.2, 0.25) is 0 Å². The lowest BCUT2D eigenvalue weighted by Gasteiger charge is -2.23. The quantitative estimate of drug-likeness (QED) is 0.831. The molecular weight excluding hydrogens is 254 g/mol. The molecule has 1 fully saturated rings. The number of furan rings is 1. The van der Waals surface area contributed by atoms with Crippen LogP contribution in [0.1, 0.15) is 43.8 Å². The fraction of sp³-hybridized carbons (Fsp3) is 0.667. The molecule has 3 heteroatoms. The third-order valence-electron chi connectivity index (χ3n) is 3.37. The van der Waals surface area contributed by atoms with Crippen molar-refractivity contribution in [2.45, 2.75) is 44.1 Å². The maximum absolute atomic E-state index is 5.60. The second-order valence-corrected chi connectivity index (χ2v) is 5.13. The number of rotatable bonds is 2. The summed E-state index contributed by atoms with van der Waals surface area (Å²) in [4.78, 5) is 0. The lowest BCUT2D eigenvalue weighted by Crippen LogP contribution is -2.31. The monoisotopic (exact) mass is 271 g/mol. The molecule has 1 aromatic rings. The Morgan fingerprint density at radius 3 is 2.80 bits per heavy atom. The molecule has 1 heterocycles. The summed E-state index contributed by atoms with van der Waals surface area (Å²) in [5.74, 6) is 1.65. The van der Waals surface area contributed by atoms with Crippen LogP contribution in [0, 0.1) is 0 Å². The summed E-state index contributed by atoms with van der Waals surface area (Å²) < 4.78 is 6.72. The minimum absolute atomic E-state index is 0.530. The van der Waals surface area contributed by atoms with E-state index in [-0.39, 0.29) is 0 Å². The average Bonchev–Trinajstić information content (AvgIpc) is 2.54. The van der Waals surface area contributed by atoms with E-state index in [9.17, 15) is 0 Å². The molecule has 0 bridgehead atoms. The molecular formula is C12H18BrNO. The lowest BCUT2D eigenvalue weighted by molar-refractivity contribution is 0.368. The van der Waals surface area contributed by atoms with E-state index in [4.69, 9.17) is 4.42 Å². The number of likely N-dealkylation sites (N-methyl/N-ethyl adjacent to an activating group) is 1. The molecule has 0 aromatic carbocycles. The Labute approximate surface area is 99.6 Å². The van der Waals surface area contributed by atoms with Crippen LogP contribution in [-0.4, -0.2) is 13.1 Å².